The number of amides is 3. The van der Waals surface area contributed by atoms with E-state index in [1.54, 1.807) is 0 Å². The third kappa shape index (κ3) is 7.48. The topological polar surface area (TPSA) is 220 Å². The largest absolute Gasteiger partial charge is 0.480 e. The van der Waals surface area contributed by atoms with E-state index >= 15 is 0 Å². The zero-order chi connectivity index (χ0) is 22.1. The maximum Gasteiger partial charge on any atom is 0.325 e. The minimum absolute atomic E-state index is 0.109. The summed E-state index contributed by atoms with van der Waals surface area (Å²) in [5.74, 6) is -3.94. The first-order valence-corrected chi connectivity index (χ1v) is 8.72. The van der Waals surface area contributed by atoms with Crippen LogP contribution >= 0.6 is 0 Å². The summed E-state index contributed by atoms with van der Waals surface area (Å²) in [4.78, 5) is 54.0. The van der Waals surface area contributed by atoms with Crippen LogP contribution in [0.25, 0.3) is 0 Å². The predicted octanol–water partition coefficient (Wildman–Crippen LogP) is -3.79. The lowest BCUT2D eigenvalue weighted by Gasteiger charge is -2.25. The maximum absolute atomic E-state index is 12.3. The summed E-state index contributed by atoms with van der Waals surface area (Å²) in [6, 6.07) is -5.24. The molecule has 0 saturated heterocycles. The summed E-state index contributed by atoms with van der Waals surface area (Å²) in [5, 5.41) is 34.6. The Morgan fingerprint density at radius 2 is 1.79 bits per heavy atom. The highest BCUT2D eigenvalue weighted by atomic mass is 16.4. The molecule has 1 aromatic rings. The predicted molar refractivity (Wildman–Crippen MR) is 98.1 cm³/mol. The number of rotatable bonds is 11. The average Bonchev–Trinajstić information content (AvgIpc) is 3.15. The molecule has 0 saturated carbocycles. The van der Waals surface area contributed by atoms with Crippen LogP contribution in [-0.2, 0) is 25.6 Å². The first kappa shape index (κ1) is 24.0. The molecule has 13 nitrogen and oxygen atoms in total. The zero-order valence-corrected chi connectivity index (χ0v) is 16.0. The summed E-state index contributed by atoms with van der Waals surface area (Å²) >= 11 is 0. The molecule has 1 rings (SSSR count). The highest BCUT2D eigenvalue weighted by Gasteiger charge is 2.31. The Bertz CT molecular complexity index is 709. The van der Waals surface area contributed by atoms with E-state index in [0.717, 1.165) is 0 Å². The van der Waals surface area contributed by atoms with E-state index in [-0.39, 0.29) is 6.42 Å². The maximum atomic E-state index is 12.3. The number of nitrogens with one attached hydrogen (secondary N) is 4. The van der Waals surface area contributed by atoms with E-state index in [9.17, 15) is 29.4 Å². The standard InChI is InChI=1S/C16H26N6O7/c1-7(16(28)29)20-15(27)12(8(2)24)22-14(26)11(5-23)21-13(25)10(17)3-9-4-18-6-19-9/h4,6-8,10-12,23-24H,3,5,17H2,1-2H3,(H,18,19)(H,20,27)(H,21,25)(H,22,26)(H,28,29). The molecular weight excluding hydrogens is 388 g/mol. The minimum atomic E-state index is -1.51. The number of carbonyl (C=O) groups is 4. The number of H-pyrrole nitrogens is 1. The van der Waals surface area contributed by atoms with Crippen LogP contribution in [0, 0.1) is 0 Å². The molecule has 0 fully saturated rings. The molecule has 162 valence electrons. The van der Waals surface area contributed by atoms with Gasteiger partial charge in [0.25, 0.3) is 0 Å². The van der Waals surface area contributed by atoms with E-state index in [4.69, 9.17) is 10.8 Å². The van der Waals surface area contributed by atoms with Gasteiger partial charge < -0.3 is 42.0 Å². The molecule has 5 unspecified atom stereocenters. The second-order valence-electron chi connectivity index (χ2n) is 6.43. The number of aliphatic carboxylic acids is 1. The molecule has 0 aromatic carbocycles. The Morgan fingerprint density at radius 3 is 2.28 bits per heavy atom. The molecule has 3 amide bonds. The highest BCUT2D eigenvalue weighted by Crippen LogP contribution is 1.99. The van der Waals surface area contributed by atoms with Gasteiger partial charge in [0.1, 0.15) is 18.1 Å². The minimum Gasteiger partial charge on any atom is -0.480 e. The molecule has 1 heterocycles. The Balaban J connectivity index is 2.71. The average molecular weight is 414 g/mol. The third-order valence-electron chi connectivity index (χ3n) is 3.94. The van der Waals surface area contributed by atoms with Crippen LogP contribution in [0.3, 0.4) is 0 Å². The second-order valence-corrected chi connectivity index (χ2v) is 6.43. The van der Waals surface area contributed by atoms with E-state index in [1.165, 1.54) is 26.4 Å². The molecule has 5 atom stereocenters. The summed E-state index contributed by atoms with van der Waals surface area (Å²) in [7, 11) is 0. The molecule has 0 aliphatic rings. The molecule has 0 spiro atoms. The van der Waals surface area contributed by atoms with Crippen molar-refractivity contribution in [1.29, 1.82) is 0 Å². The molecule has 0 aliphatic carbocycles. The monoisotopic (exact) mass is 414 g/mol. The fourth-order valence-electron chi connectivity index (χ4n) is 2.22. The number of hydrogen-bond acceptors (Lipinski definition) is 8. The number of hydrogen-bond donors (Lipinski definition) is 8. The summed E-state index contributed by atoms with van der Waals surface area (Å²) in [6.45, 7) is 1.62. The van der Waals surface area contributed by atoms with Gasteiger partial charge in [0.2, 0.25) is 17.7 Å². The molecule has 29 heavy (non-hydrogen) atoms. The number of aromatic nitrogens is 2. The number of carboxylic acid groups (broad SMARTS) is 1. The molecule has 9 N–H and O–H groups in total. The fourth-order valence-corrected chi connectivity index (χ4v) is 2.22. The van der Waals surface area contributed by atoms with Gasteiger partial charge in [-0.1, -0.05) is 0 Å². The van der Waals surface area contributed by atoms with Crippen LogP contribution in [0.2, 0.25) is 0 Å². The van der Waals surface area contributed by atoms with Gasteiger partial charge in [-0.3, -0.25) is 19.2 Å². The van der Waals surface area contributed by atoms with Crippen molar-refractivity contribution < 1.29 is 34.5 Å². The number of aromatic amines is 1. The van der Waals surface area contributed by atoms with Crippen LogP contribution in [0.1, 0.15) is 19.5 Å². The van der Waals surface area contributed by atoms with Crippen molar-refractivity contribution in [2.24, 2.45) is 5.73 Å². The number of imidazole rings is 1. The number of carbonyl (C=O) groups excluding carboxylic acids is 3. The van der Waals surface area contributed by atoms with Gasteiger partial charge in [-0.25, -0.2) is 4.98 Å². The van der Waals surface area contributed by atoms with Crippen molar-refractivity contribution in [3.05, 3.63) is 18.2 Å². The first-order chi connectivity index (χ1) is 13.6. The molecule has 0 radical (unpaired) electrons. The summed E-state index contributed by atoms with van der Waals surface area (Å²) < 4.78 is 0. The number of carboxylic acids is 1. The summed E-state index contributed by atoms with van der Waals surface area (Å²) in [5.41, 5.74) is 6.35. The van der Waals surface area contributed by atoms with Gasteiger partial charge in [0, 0.05) is 18.3 Å². The van der Waals surface area contributed by atoms with Gasteiger partial charge in [-0.05, 0) is 13.8 Å². The van der Waals surface area contributed by atoms with Gasteiger partial charge in [0.05, 0.1) is 25.1 Å². The van der Waals surface area contributed by atoms with Crippen LogP contribution in [0.15, 0.2) is 12.5 Å². The van der Waals surface area contributed by atoms with E-state index in [1.807, 2.05) is 0 Å². The zero-order valence-electron chi connectivity index (χ0n) is 16.0. The smallest absolute Gasteiger partial charge is 0.325 e. The van der Waals surface area contributed by atoms with Crippen molar-refractivity contribution >= 4 is 23.7 Å². The van der Waals surface area contributed by atoms with E-state index in [2.05, 4.69) is 25.9 Å². The van der Waals surface area contributed by atoms with Crippen LogP contribution in [-0.4, -0.2) is 85.9 Å². The molecule has 0 bridgehead atoms. The SMILES string of the molecule is CC(NC(=O)C(NC(=O)C(CO)NC(=O)C(N)Cc1cnc[nH]1)C(C)O)C(=O)O. The third-order valence-corrected chi connectivity index (χ3v) is 3.94. The van der Waals surface area contributed by atoms with Crippen LogP contribution < -0.4 is 21.7 Å². The molecule has 13 heteroatoms. The second kappa shape index (κ2) is 11.1. The number of nitrogens with two attached hydrogens (primary N) is 1. The highest BCUT2D eigenvalue weighted by molar-refractivity contribution is 5.94. The van der Waals surface area contributed by atoms with Crippen molar-refractivity contribution in [3.63, 3.8) is 0 Å². The van der Waals surface area contributed by atoms with Gasteiger partial charge in [-0.15, -0.1) is 0 Å². The van der Waals surface area contributed by atoms with Gasteiger partial charge in [0.15, 0.2) is 0 Å². The molecule has 1 aromatic heterocycles. The quantitative estimate of drug-likeness (QED) is 0.178. The van der Waals surface area contributed by atoms with E-state index < -0.39 is 60.6 Å². The lowest BCUT2D eigenvalue weighted by molar-refractivity contribution is -0.142. The number of aliphatic hydroxyl groups excluding tert-OH is 2. The number of aliphatic hydroxyl groups is 2. The Kier molecular flexibility index (Phi) is 9.18. The van der Waals surface area contributed by atoms with Crippen molar-refractivity contribution in [2.75, 3.05) is 6.61 Å². The molecular formula is C16H26N6O7. The van der Waals surface area contributed by atoms with Crippen molar-refractivity contribution in [1.82, 2.24) is 25.9 Å². The first-order valence-electron chi connectivity index (χ1n) is 8.72. The van der Waals surface area contributed by atoms with Gasteiger partial charge >= 0.3 is 5.97 Å². The van der Waals surface area contributed by atoms with Crippen LogP contribution in [0.5, 0.6) is 0 Å². The Hall–Kier alpha value is -3.03. The normalized spacial score (nSPS) is 16.0. The van der Waals surface area contributed by atoms with Crippen molar-refractivity contribution in [3.8, 4) is 0 Å². The lowest BCUT2D eigenvalue weighted by Crippen LogP contribution is -2.60. The fraction of sp³-hybridized carbons (Fsp3) is 0.562. The van der Waals surface area contributed by atoms with Crippen LogP contribution in [0.4, 0.5) is 0 Å². The Morgan fingerprint density at radius 1 is 1.14 bits per heavy atom. The Labute approximate surface area is 166 Å². The summed E-state index contributed by atoms with van der Waals surface area (Å²) in [6.07, 6.45) is 1.62. The number of nitrogens with zero attached hydrogens (tertiary/aromatic N) is 1. The lowest BCUT2D eigenvalue weighted by atomic mass is 10.1. The van der Waals surface area contributed by atoms with Crippen molar-refractivity contribution in [2.45, 2.75) is 50.5 Å². The van der Waals surface area contributed by atoms with E-state index in [0.29, 0.717) is 5.69 Å². The molecule has 0 aliphatic heterocycles. The van der Waals surface area contributed by atoms with Gasteiger partial charge in [-0.2, -0.15) is 0 Å².